The lowest BCUT2D eigenvalue weighted by molar-refractivity contribution is 0.0986. The lowest BCUT2D eigenvalue weighted by Gasteiger charge is -2.01. The monoisotopic (exact) mass is 257 g/mol. The van der Waals surface area contributed by atoms with Crippen LogP contribution in [-0.2, 0) is 6.42 Å². The van der Waals surface area contributed by atoms with Crippen LogP contribution in [0.15, 0.2) is 36.1 Å². The molecule has 90 valence electrons. The minimum Gasteiger partial charge on any atom is -0.297 e. The van der Waals surface area contributed by atoms with Crippen LogP contribution in [0, 0.1) is 6.92 Å². The van der Waals surface area contributed by atoms with E-state index in [1.807, 2.05) is 41.2 Å². The van der Waals surface area contributed by atoms with E-state index in [1.165, 1.54) is 0 Å². The number of imidazole rings is 1. The van der Waals surface area contributed by atoms with Crippen LogP contribution >= 0.6 is 11.3 Å². The molecule has 3 rings (SSSR count). The Bertz CT molecular complexity index is 685. The minimum absolute atomic E-state index is 0.0128. The summed E-state index contributed by atoms with van der Waals surface area (Å²) in [5.41, 5.74) is 2.23. The van der Waals surface area contributed by atoms with E-state index >= 15 is 0 Å². The molecular formula is C13H11N3OS. The number of ketones is 1. The van der Waals surface area contributed by atoms with Gasteiger partial charge in [-0.3, -0.25) is 14.2 Å². The largest absolute Gasteiger partial charge is 0.297 e. The van der Waals surface area contributed by atoms with Gasteiger partial charge in [-0.05, 0) is 18.6 Å². The molecule has 0 saturated heterocycles. The first kappa shape index (κ1) is 11.1. The van der Waals surface area contributed by atoms with Crippen LogP contribution in [0.25, 0.3) is 4.96 Å². The molecule has 18 heavy (non-hydrogen) atoms. The Hall–Kier alpha value is -2.01. The molecule has 0 atom stereocenters. The fourth-order valence-electron chi connectivity index (χ4n) is 1.89. The topological polar surface area (TPSA) is 47.3 Å². The van der Waals surface area contributed by atoms with Crippen molar-refractivity contribution in [1.29, 1.82) is 0 Å². The normalized spacial score (nSPS) is 10.9. The lowest BCUT2D eigenvalue weighted by Crippen LogP contribution is -2.08. The van der Waals surface area contributed by atoms with Crippen molar-refractivity contribution in [2.75, 3.05) is 0 Å². The average molecular weight is 257 g/mol. The number of hydrogen-bond acceptors (Lipinski definition) is 4. The first-order valence-electron chi connectivity index (χ1n) is 5.60. The second-order valence-electron chi connectivity index (χ2n) is 4.09. The van der Waals surface area contributed by atoms with Crippen molar-refractivity contribution in [3.63, 3.8) is 0 Å². The molecule has 0 N–H and O–H groups in total. The maximum atomic E-state index is 12.1. The zero-order valence-electron chi connectivity index (χ0n) is 9.83. The highest BCUT2D eigenvalue weighted by Gasteiger charge is 2.13. The number of aromatic nitrogens is 3. The Balaban J connectivity index is 1.87. The van der Waals surface area contributed by atoms with Gasteiger partial charge in [-0.15, -0.1) is 11.3 Å². The molecule has 0 spiro atoms. The highest BCUT2D eigenvalue weighted by atomic mass is 32.1. The quantitative estimate of drug-likeness (QED) is 0.677. The fourth-order valence-corrected chi connectivity index (χ4v) is 2.61. The van der Waals surface area contributed by atoms with Gasteiger partial charge in [-0.2, -0.15) is 0 Å². The van der Waals surface area contributed by atoms with Gasteiger partial charge in [-0.25, -0.2) is 4.98 Å². The SMILES string of the molecule is Cc1cccnc1C(=O)Cc1cn2ccsc2n1. The Morgan fingerprint density at radius 3 is 3.17 bits per heavy atom. The molecule has 0 aromatic carbocycles. The first-order chi connectivity index (χ1) is 8.74. The second kappa shape index (κ2) is 4.34. The van der Waals surface area contributed by atoms with Crippen molar-refractivity contribution in [1.82, 2.24) is 14.4 Å². The zero-order chi connectivity index (χ0) is 12.5. The lowest BCUT2D eigenvalue weighted by atomic mass is 10.1. The highest BCUT2D eigenvalue weighted by molar-refractivity contribution is 7.15. The van der Waals surface area contributed by atoms with E-state index in [9.17, 15) is 4.79 Å². The Kier molecular flexibility index (Phi) is 2.68. The zero-order valence-corrected chi connectivity index (χ0v) is 10.6. The molecule has 0 bridgehead atoms. The van der Waals surface area contributed by atoms with E-state index in [-0.39, 0.29) is 5.78 Å². The molecule has 4 nitrogen and oxygen atoms in total. The molecule has 3 aromatic heterocycles. The summed E-state index contributed by atoms with van der Waals surface area (Å²) in [6, 6.07) is 3.73. The summed E-state index contributed by atoms with van der Waals surface area (Å²) in [4.78, 5) is 21.6. The maximum absolute atomic E-state index is 12.1. The van der Waals surface area contributed by atoms with Gasteiger partial charge in [0.15, 0.2) is 10.7 Å². The van der Waals surface area contributed by atoms with Gasteiger partial charge in [0.25, 0.3) is 0 Å². The van der Waals surface area contributed by atoms with E-state index in [1.54, 1.807) is 17.5 Å². The smallest absolute Gasteiger partial charge is 0.193 e. The van der Waals surface area contributed by atoms with Crippen molar-refractivity contribution in [2.24, 2.45) is 0 Å². The van der Waals surface area contributed by atoms with Crippen LogP contribution in [0.5, 0.6) is 0 Å². The molecule has 0 unspecified atom stereocenters. The molecular weight excluding hydrogens is 246 g/mol. The summed E-state index contributed by atoms with van der Waals surface area (Å²) in [6.45, 7) is 1.89. The van der Waals surface area contributed by atoms with Crippen LogP contribution < -0.4 is 0 Å². The molecule has 0 fully saturated rings. The van der Waals surface area contributed by atoms with E-state index in [0.29, 0.717) is 12.1 Å². The number of hydrogen-bond donors (Lipinski definition) is 0. The summed E-state index contributed by atoms with van der Waals surface area (Å²) in [6.07, 6.45) is 5.77. The third kappa shape index (κ3) is 1.93. The first-order valence-corrected chi connectivity index (χ1v) is 6.48. The van der Waals surface area contributed by atoms with Crippen molar-refractivity contribution >= 4 is 22.1 Å². The predicted molar refractivity (Wildman–Crippen MR) is 70.1 cm³/mol. The average Bonchev–Trinajstić information content (AvgIpc) is 2.90. The van der Waals surface area contributed by atoms with Crippen molar-refractivity contribution in [3.8, 4) is 0 Å². The number of rotatable bonds is 3. The number of aryl methyl sites for hydroxylation is 1. The van der Waals surface area contributed by atoms with Crippen LogP contribution in [0.2, 0.25) is 0 Å². The summed E-state index contributed by atoms with van der Waals surface area (Å²) in [5.74, 6) is 0.0128. The molecule has 3 heterocycles. The van der Waals surface area contributed by atoms with Crippen LogP contribution in [0.1, 0.15) is 21.7 Å². The Morgan fingerprint density at radius 1 is 1.50 bits per heavy atom. The summed E-state index contributed by atoms with van der Waals surface area (Å²) < 4.78 is 1.93. The predicted octanol–water partition coefficient (Wildman–Crippen LogP) is 2.52. The van der Waals surface area contributed by atoms with Crippen LogP contribution in [0.4, 0.5) is 0 Å². The summed E-state index contributed by atoms with van der Waals surface area (Å²) in [7, 11) is 0. The number of Topliss-reactive ketones (excluding diaryl/α,β-unsaturated/α-hetero) is 1. The number of carbonyl (C=O) groups excluding carboxylic acids is 1. The van der Waals surface area contributed by atoms with Gasteiger partial charge in [0.1, 0.15) is 5.69 Å². The van der Waals surface area contributed by atoms with Crippen LogP contribution in [-0.4, -0.2) is 20.2 Å². The number of nitrogens with zero attached hydrogens (tertiary/aromatic N) is 3. The molecule has 0 aliphatic rings. The van der Waals surface area contributed by atoms with Crippen molar-refractivity contribution in [2.45, 2.75) is 13.3 Å². The second-order valence-corrected chi connectivity index (χ2v) is 4.97. The third-order valence-corrected chi connectivity index (χ3v) is 3.53. The number of thiazole rings is 1. The van der Waals surface area contributed by atoms with E-state index < -0.39 is 0 Å². The highest BCUT2D eigenvalue weighted by Crippen LogP contribution is 2.13. The summed E-state index contributed by atoms with van der Waals surface area (Å²) in [5, 5.41) is 1.97. The molecule has 0 aliphatic heterocycles. The van der Waals surface area contributed by atoms with Crippen molar-refractivity contribution in [3.05, 3.63) is 53.1 Å². The Labute approximate surface area is 108 Å². The van der Waals surface area contributed by atoms with Crippen molar-refractivity contribution < 1.29 is 4.79 Å². The molecule has 0 amide bonds. The molecule has 0 radical (unpaired) electrons. The number of fused-ring (bicyclic) bond motifs is 1. The molecule has 5 heteroatoms. The van der Waals surface area contributed by atoms with E-state index in [4.69, 9.17) is 0 Å². The molecule has 0 aliphatic carbocycles. The maximum Gasteiger partial charge on any atom is 0.193 e. The standard InChI is InChI=1S/C13H11N3OS/c1-9-3-2-4-14-12(9)11(17)7-10-8-16-5-6-18-13(16)15-10/h2-6,8H,7H2,1H3. The number of carbonyl (C=O) groups is 1. The van der Waals surface area contributed by atoms with Crippen LogP contribution in [0.3, 0.4) is 0 Å². The summed E-state index contributed by atoms with van der Waals surface area (Å²) >= 11 is 1.56. The molecule has 0 saturated carbocycles. The third-order valence-electron chi connectivity index (χ3n) is 2.76. The van der Waals surface area contributed by atoms with E-state index in [2.05, 4.69) is 9.97 Å². The van der Waals surface area contributed by atoms with Gasteiger partial charge < -0.3 is 0 Å². The van der Waals surface area contributed by atoms with Gasteiger partial charge in [0, 0.05) is 24.0 Å². The fraction of sp³-hybridized carbons (Fsp3) is 0.154. The molecule has 3 aromatic rings. The Morgan fingerprint density at radius 2 is 2.39 bits per heavy atom. The van der Waals surface area contributed by atoms with Gasteiger partial charge >= 0.3 is 0 Å². The number of pyridine rings is 1. The van der Waals surface area contributed by atoms with E-state index in [0.717, 1.165) is 16.2 Å². The van der Waals surface area contributed by atoms with Gasteiger partial charge in [0.05, 0.1) is 12.1 Å². The van der Waals surface area contributed by atoms with Gasteiger partial charge in [-0.1, -0.05) is 6.07 Å². The minimum atomic E-state index is 0.0128. The van der Waals surface area contributed by atoms with Gasteiger partial charge in [0.2, 0.25) is 0 Å².